The highest BCUT2D eigenvalue weighted by Gasteiger charge is 2.47. The van der Waals surface area contributed by atoms with Crippen LogP contribution >= 0.6 is 0 Å². The van der Waals surface area contributed by atoms with Gasteiger partial charge in [-0.2, -0.15) is 13.2 Å². The molecular weight excluding hydrogens is 291 g/mol. The third kappa shape index (κ3) is 3.30. The van der Waals surface area contributed by atoms with E-state index in [4.69, 9.17) is 0 Å². The van der Waals surface area contributed by atoms with Gasteiger partial charge in [0.2, 0.25) is 0 Å². The number of fused-ring (bicyclic) bond motifs is 4. The maximum Gasteiger partial charge on any atom is 0.511 e. The summed E-state index contributed by atoms with van der Waals surface area (Å²) in [5.74, 6) is 1.90. The summed E-state index contributed by atoms with van der Waals surface area (Å²) in [6, 6.07) is 0. The van der Waals surface area contributed by atoms with E-state index in [0.717, 1.165) is 19.3 Å². The summed E-state index contributed by atoms with van der Waals surface area (Å²) in [5.41, 5.74) is -5.21. The second-order valence-electron chi connectivity index (χ2n) is 6.61. The molecule has 3 saturated carbocycles. The molecule has 3 atom stereocenters. The lowest BCUT2D eigenvalue weighted by atomic mass is 9.59. The van der Waals surface area contributed by atoms with E-state index >= 15 is 0 Å². The lowest BCUT2D eigenvalue weighted by molar-refractivity contribution is -0.0453. The molecule has 20 heavy (non-hydrogen) atoms. The summed E-state index contributed by atoms with van der Waals surface area (Å²) in [6.45, 7) is 4.11. The minimum atomic E-state index is -5.21. The summed E-state index contributed by atoms with van der Waals surface area (Å²) < 4.78 is 61.0. The molecule has 0 radical (unpaired) electrons. The molecule has 0 aromatic rings. The van der Waals surface area contributed by atoms with Gasteiger partial charge in [0.25, 0.3) is 0 Å². The molecule has 0 aromatic heterocycles. The minimum absolute atomic E-state index is 0.0196. The van der Waals surface area contributed by atoms with E-state index in [1.807, 2.05) is 6.92 Å². The van der Waals surface area contributed by atoms with Gasteiger partial charge in [-0.05, 0) is 55.3 Å². The third-order valence-electron chi connectivity index (χ3n) is 4.93. The van der Waals surface area contributed by atoms with Crippen molar-refractivity contribution in [1.82, 2.24) is 4.72 Å². The minimum Gasteiger partial charge on any atom is -0.207 e. The van der Waals surface area contributed by atoms with Crippen LogP contribution in [0.15, 0.2) is 0 Å². The second-order valence-corrected chi connectivity index (χ2v) is 8.37. The molecule has 3 aliphatic rings. The molecule has 3 aliphatic carbocycles. The van der Waals surface area contributed by atoms with Gasteiger partial charge in [0.15, 0.2) is 0 Å². The van der Waals surface area contributed by atoms with E-state index in [0.29, 0.717) is 17.8 Å². The number of hydrogen-bond donors (Lipinski definition) is 1. The standard InChI is InChI=1S/C13H22F3NO2S/c1-8-3-9(2)12(11-5-10(4-8)6-11)7-17-20(18,19)13(14,15)16/h8-12,17H,3-7H2,1-2H3. The zero-order valence-corrected chi connectivity index (χ0v) is 12.6. The Bertz CT molecular complexity index is 443. The van der Waals surface area contributed by atoms with Gasteiger partial charge in [0.1, 0.15) is 0 Å². The summed E-state index contributed by atoms with van der Waals surface area (Å²) in [7, 11) is -5.21. The lowest BCUT2D eigenvalue weighted by Crippen LogP contribution is -2.46. The van der Waals surface area contributed by atoms with Crippen LogP contribution in [-0.2, 0) is 10.0 Å². The highest BCUT2D eigenvalue weighted by atomic mass is 32.2. The van der Waals surface area contributed by atoms with Crippen molar-refractivity contribution in [2.45, 2.75) is 45.0 Å². The zero-order valence-electron chi connectivity index (χ0n) is 11.8. The van der Waals surface area contributed by atoms with Crippen molar-refractivity contribution in [3.63, 3.8) is 0 Å². The first-order chi connectivity index (χ1) is 9.10. The van der Waals surface area contributed by atoms with Crippen LogP contribution in [0.5, 0.6) is 0 Å². The first kappa shape index (κ1) is 16.1. The number of rotatable bonds is 3. The first-order valence-electron chi connectivity index (χ1n) is 7.16. The topological polar surface area (TPSA) is 46.2 Å². The molecule has 3 rings (SSSR count). The number of halogens is 3. The molecule has 1 N–H and O–H groups in total. The molecule has 0 heterocycles. The van der Waals surface area contributed by atoms with Crippen LogP contribution in [0.4, 0.5) is 13.2 Å². The Morgan fingerprint density at radius 1 is 1.10 bits per heavy atom. The van der Waals surface area contributed by atoms with E-state index in [-0.39, 0.29) is 18.4 Å². The predicted molar refractivity (Wildman–Crippen MR) is 70.2 cm³/mol. The lowest BCUT2D eigenvalue weighted by Gasteiger charge is -2.47. The van der Waals surface area contributed by atoms with Gasteiger partial charge in [0, 0.05) is 6.54 Å². The van der Waals surface area contributed by atoms with E-state index < -0.39 is 15.5 Å². The van der Waals surface area contributed by atoms with Crippen LogP contribution < -0.4 is 4.72 Å². The van der Waals surface area contributed by atoms with Crippen LogP contribution in [0, 0.1) is 29.6 Å². The Kier molecular flexibility index (Phi) is 4.40. The molecule has 3 fully saturated rings. The molecular formula is C13H22F3NO2S. The van der Waals surface area contributed by atoms with Crippen molar-refractivity contribution in [3.05, 3.63) is 0 Å². The van der Waals surface area contributed by atoms with Crippen LogP contribution in [0.1, 0.15) is 39.5 Å². The summed E-state index contributed by atoms with van der Waals surface area (Å²) >= 11 is 0. The quantitative estimate of drug-likeness (QED) is 0.870. The molecule has 3 unspecified atom stereocenters. The smallest absolute Gasteiger partial charge is 0.207 e. The number of sulfonamides is 1. The zero-order chi connectivity index (χ0) is 15.1. The Labute approximate surface area is 118 Å². The van der Waals surface area contributed by atoms with Crippen molar-refractivity contribution in [3.8, 4) is 0 Å². The Morgan fingerprint density at radius 3 is 2.25 bits per heavy atom. The summed E-state index contributed by atoms with van der Waals surface area (Å²) in [5, 5.41) is 0. The molecule has 0 saturated heterocycles. The average Bonchev–Trinajstić information content (AvgIpc) is 2.21. The molecule has 7 heteroatoms. The van der Waals surface area contributed by atoms with E-state index in [2.05, 4.69) is 6.92 Å². The SMILES string of the molecule is CC1CC2CC(C2)C(CNS(=O)(=O)C(F)(F)F)C(C)C1. The molecule has 0 amide bonds. The van der Waals surface area contributed by atoms with Gasteiger partial charge in [-0.25, -0.2) is 13.1 Å². The van der Waals surface area contributed by atoms with E-state index in [9.17, 15) is 21.6 Å². The molecule has 2 bridgehead atoms. The summed E-state index contributed by atoms with van der Waals surface area (Å²) in [6.07, 6.45) is 4.23. The fourth-order valence-electron chi connectivity index (χ4n) is 3.92. The van der Waals surface area contributed by atoms with Gasteiger partial charge < -0.3 is 0 Å². The largest absolute Gasteiger partial charge is 0.511 e. The highest BCUT2D eigenvalue weighted by Crippen LogP contribution is 2.48. The van der Waals surface area contributed by atoms with Crippen molar-refractivity contribution in [2.75, 3.05) is 6.54 Å². The average molecular weight is 313 g/mol. The fourth-order valence-corrected chi connectivity index (χ4v) is 4.50. The summed E-state index contributed by atoms with van der Waals surface area (Å²) in [4.78, 5) is 0. The normalized spacial score (nSPS) is 38.8. The van der Waals surface area contributed by atoms with Gasteiger partial charge in [-0.15, -0.1) is 0 Å². The third-order valence-corrected chi connectivity index (χ3v) is 6.09. The number of nitrogens with one attached hydrogen (secondary N) is 1. The van der Waals surface area contributed by atoms with Crippen molar-refractivity contribution < 1.29 is 21.6 Å². The van der Waals surface area contributed by atoms with Gasteiger partial charge in [-0.1, -0.05) is 13.8 Å². The van der Waals surface area contributed by atoms with E-state index in [1.54, 1.807) is 4.72 Å². The maximum atomic E-state index is 12.3. The maximum absolute atomic E-state index is 12.3. The van der Waals surface area contributed by atoms with Crippen molar-refractivity contribution >= 4 is 10.0 Å². The Morgan fingerprint density at radius 2 is 1.70 bits per heavy atom. The molecule has 118 valence electrons. The monoisotopic (exact) mass is 313 g/mol. The van der Waals surface area contributed by atoms with E-state index in [1.165, 1.54) is 6.42 Å². The second kappa shape index (κ2) is 5.48. The van der Waals surface area contributed by atoms with Gasteiger partial charge in [0.05, 0.1) is 0 Å². The first-order valence-corrected chi connectivity index (χ1v) is 8.64. The fraction of sp³-hybridized carbons (Fsp3) is 1.00. The van der Waals surface area contributed by atoms with Gasteiger partial charge in [-0.3, -0.25) is 0 Å². The van der Waals surface area contributed by atoms with Crippen LogP contribution in [-0.4, -0.2) is 20.5 Å². The van der Waals surface area contributed by atoms with Crippen LogP contribution in [0.25, 0.3) is 0 Å². The molecule has 0 spiro atoms. The molecule has 0 aliphatic heterocycles. The van der Waals surface area contributed by atoms with Crippen LogP contribution in [0.2, 0.25) is 0 Å². The van der Waals surface area contributed by atoms with Crippen LogP contribution in [0.3, 0.4) is 0 Å². The molecule has 0 aromatic carbocycles. The predicted octanol–water partition coefficient (Wildman–Crippen LogP) is 3.13. The Hall–Kier alpha value is -0.300. The van der Waals surface area contributed by atoms with Crippen molar-refractivity contribution in [1.29, 1.82) is 0 Å². The Balaban J connectivity index is 2.00. The van der Waals surface area contributed by atoms with Gasteiger partial charge >= 0.3 is 15.5 Å². The van der Waals surface area contributed by atoms with Crippen molar-refractivity contribution in [2.24, 2.45) is 29.6 Å². The highest BCUT2D eigenvalue weighted by molar-refractivity contribution is 7.90. The number of alkyl halides is 3. The number of hydrogen-bond acceptors (Lipinski definition) is 2. The molecule has 3 nitrogen and oxygen atoms in total.